The van der Waals surface area contributed by atoms with Gasteiger partial charge in [0.15, 0.2) is 5.78 Å². The van der Waals surface area contributed by atoms with Crippen LogP contribution < -0.4 is 0 Å². The molecule has 1 aliphatic carbocycles. The first-order chi connectivity index (χ1) is 5.45. The van der Waals surface area contributed by atoms with Crippen LogP contribution in [0.25, 0.3) is 0 Å². The molecule has 0 radical (unpaired) electrons. The van der Waals surface area contributed by atoms with Gasteiger partial charge in [0.05, 0.1) is 0 Å². The molecule has 0 N–H and O–H groups in total. The fourth-order valence-corrected chi connectivity index (χ4v) is 1.93. The Morgan fingerprint density at radius 2 is 2.00 bits per heavy atom. The second-order valence-electron chi connectivity index (χ2n) is 4.40. The number of Topliss-reactive ketones (excluding diaryl/α,β-unsaturated/α-hetero) is 1. The van der Waals surface area contributed by atoms with E-state index in [1.807, 2.05) is 0 Å². The maximum Gasteiger partial charge on any atom is 0.155 e. The predicted octanol–water partition coefficient (Wildman–Crippen LogP) is 3.10. The Hall–Kier alpha value is -0.590. The molecule has 0 saturated heterocycles. The molecule has 1 aliphatic rings. The summed E-state index contributed by atoms with van der Waals surface area (Å²) in [6.07, 6.45) is 3.37. The summed E-state index contributed by atoms with van der Waals surface area (Å²) in [6, 6.07) is 0. The minimum atomic E-state index is 0.249. The summed E-state index contributed by atoms with van der Waals surface area (Å²) in [4.78, 5) is 11.2. The molecule has 1 heteroatoms. The standard InChI is InChI=1S/C11H18O/c1-8-10(9(2)12)6-5-7-11(8,3)4/h5-7H2,1-4H3. The molecular formula is C11H18O. The zero-order chi connectivity index (χ0) is 9.35. The molecule has 1 rings (SSSR count). The second kappa shape index (κ2) is 3.04. The third-order valence-corrected chi connectivity index (χ3v) is 3.12. The van der Waals surface area contributed by atoms with Crippen molar-refractivity contribution in [2.75, 3.05) is 0 Å². The lowest BCUT2D eigenvalue weighted by Gasteiger charge is -2.32. The number of carbonyl (C=O) groups is 1. The number of carbonyl (C=O) groups excluding carboxylic acids is 1. The van der Waals surface area contributed by atoms with Crippen molar-refractivity contribution in [1.82, 2.24) is 0 Å². The van der Waals surface area contributed by atoms with E-state index in [0.29, 0.717) is 0 Å². The van der Waals surface area contributed by atoms with Crippen molar-refractivity contribution in [2.45, 2.75) is 47.0 Å². The van der Waals surface area contributed by atoms with Crippen LogP contribution in [0.15, 0.2) is 11.1 Å². The molecule has 0 amide bonds. The molecule has 0 unspecified atom stereocenters. The highest BCUT2D eigenvalue weighted by molar-refractivity contribution is 5.94. The van der Waals surface area contributed by atoms with Crippen LogP contribution in [0.1, 0.15) is 47.0 Å². The molecule has 0 spiro atoms. The SMILES string of the molecule is CC(=O)C1=C(C)C(C)(C)CCC1. The lowest BCUT2D eigenvalue weighted by molar-refractivity contribution is -0.114. The van der Waals surface area contributed by atoms with E-state index in [2.05, 4.69) is 20.8 Å². The van der Waals surface area contributed by atoms with E-state index in [0.717, 1.165) is 12.0 Å². The normalized spacial score (nSPS) is 22.7. The molecule has 0 bridgehead atoms. The summed E-state index contributed by atoms with van der Waals surface area (Å²) in [7, 11) is 0. The minimum Gasteiger partial charge on any atom is -0.295 e. The molecule has 12 heavy (non-hydrogen) atoms. The Morgan fingerprint density at radius 3 is 2.42 bits per heavy atom. The van der Waals surface area contributed by atoms with Gasteiger partial charge in [-0.1, -0.05) is 19.4 Å². The van der Waals surface area contributed by atoms with Crippen molar-refractivity contribution in [2.24, 2.45) is 5.41 Å². The first-order valence-corrected chi connectivity index (χ1v) is 4.66. The van der Waals surface area contributed by atoms with Crippen LogP contribution in [0, 0.1) is 5.41 Å². The third-order valence-electron chi connectivity index (χ3n) is 3.12. The topological polar surface area (TPSA) is 17.1 Å². The van der Waals surface area contributed by atoms with Gasteiger partial charge in [-0.15, -0.1) is 0 Å². The summed E-state index contributed by atoms with van der Waals surface area (Å²) < 4.78 is 0. The first-order valence-electron chi connectivity index (χ1n) is 4.66. The smallest absolute Gasteiger partial charge is 0.155 e. The molecule has 1 nitrogen and oxygen atoms in total. The number of hydrogen-bond acceptors (Lipinski definition) is 1. The Balaban J connectivity index is 3.04. The average molecular weight is 166 g/mol. The summed E-state index contributed by atoms with van der Waals surface area (Å²) in [5.74, 6) is 0.264. The number of hydrogen-bond donors (Lipinski definition) is 0. The molecule has 0 aromatic heterocycles. The molecule has 0 aromatic carbocycles. The van der Waals surface area contributed by atoms with Gasteiger partial charge >= 0.3 is 0 Å². The molecular weight excluding hydrogens is 148 g/mol. The van der Waals surface area contributed by atoms with Crippen LogP contribution in [0.4, 0.5) is 0 Å². The van der Waals surface area contributed by atoms with Gasteiger partial charge < -0.3 is 0 Å². The van der Waals surface area contributed by atoms with E-state index in [4.69, 9.17) is 0 Å². The maximum atomic E-state index is 11.2. The Labute approximate surface area is 74.9 Å². The van der Waals surface area contributed by atoms with Gasteiger partial charge in [0.1, 0.15) is 0 Å². The molecule has 68 valence electrons. The Kier molecular flexibility index (Phi) is 2.41. The zero-order valence-electron chi connectivity index (χ0n) is 8.53. The number of ketones is 1. The van der Waals surface area contributed by atoms with Crippen LogP contribution in [-0.4, -0.2) is 5.78 Å². The van der Waals surface area contributed by atoms with Gasteiger partial charge in [-0.25, -0.2) is 0 Å². The number of rotatable bonds is 1. The van der Waals surface area contributed by atoms with Gasteiger partial charge in [0.2, 0.25) is 0 Å². The fourth-order valence-electron chi connectivity index (χ4n) is 1.93. The summed E-state index contributed by atoms with van der Waals surface area (Å²) in [6.45, 7) is 8.24. The monoisotopic (exact) mass is 166 g/mol. The summed E-state index contributed by atoms with van der Waals surface area (Å²) in [5.41, 5.74) is 2.63. The highest BCUT2D eigenvalue weighted by Gasteiger charge is 2.27. The van der Waals surface area contributed by atoms with Crippen molar-refractivity contribution < 1.29 is 4.79 Å². The molecule has 0 aromatic rings. The van der Waals surface area contributed by atoms with E-state index in [1.165, 1.54) is 18.4 Å². The van der Waals surface area contributed by atoms with E-state index in [9.17, 15) is 4.79 Å². The Bertz CT molecular complexity index is 233. The highest BCUT2D eigenvalue weighted by atomic mass is 16.1. The largest absolute Gasteiger partial charge is 0.295 e. The van der Waals surface area contributed by atoms with E-state index in [1.54, 1.807) is 6.92 Å². The van der Waals surface area contributed by atoms with Gasteiger partial charge in [0.25, 0.3) is 0 Å². The van der Waals surface area contributed by atoms with E-state index >= 15 is 0 Å². The van der Waals surface area contributed by atoms with E-state index in [-0.39, 0.29) is 11.2 Å². The summed E-state index contributed by atoms with van der Waals surface area (Å²) in [5, 5.41) is 0. The zero-order valence-corrected chi connectivity index (χ0v) is 8.53. The highest BCUT2D eigenvalue weighted by Crippen LogP contribution is 2.39. The third kappa shape index (κ3) is 1.60. The quantitative estimate of drug-likeness (QED) is 0.585. The molecule has 0 heterocycles. The minimum absolute atomic E-state index is 0.249. The molecule has 0 saturated carbocycles. The maximum absolute atomic E-state index is 11.2. The molecule has 0 atom stereocenters. The molecule has 0 aliphatic heterocycles. The number of allylic oxidation sites excluding steroid dienone is 2. The van der Waals surface area contributed by atoms with Crippen molar-refractivity contribution >= 4 is 5.78 Å². The van der Waals surface area contributed by atoms with Gasteiger partial charge in [0, 0.05) is 0 Å². The van der Waals surface area contributed by atoms with Crippen molar-refractivity contribution in [3.63, 3.8) is 0 Å². The van der Waals surface area contributed by atoms with Crippen LogP contribution in [0.3, 0.4) is 0 Å². The van der Waals surface area contributed by atoms with Gasteiger partial charge in [-0.2, -0.15) is 0 Å². The van der Waals surface area contributed by atoms with Gasteiger partial charge in [-0.3, -0.25) is 4.79 Å². The van der Waals surface area contributed by atoms with Crippen molar-refractivity contribution in [3.8, 4) is 0 Å². The lowest BCUT2D eigenvalue weighted by Crippen LogP contribution is -2.21. The predicted molar refractivity (Wildman–Crippen MR) is 51.0 cm³/mol. The van der Waals surface area contributed by atoms with E-state index < -0.39 is 0 Å². The molecule has 0 fully saturated rings. The first kappa shape index (κ1) is 9.50. The van der Waals surface area contributed by atoms with Crippen molar-refractivity contribution in [3.05, 3.63) is 11.1 Å². The average Bonchev–Trinajstić information content (AvgIpc) is 1.94. The van der Waals surface area contributed by atoms with Crippen LogP contribution in [0.2, 0.25) is 0 Å². The van der Waals surface area contributed by atoms with Crippen LogP contribution in [-0.2, 0) is 4.79 Å². The lowest BCUT2D eigenvalue weighted by atomic mass is 9.72. The van der Waals surface area contributed by atoms with Crippen LogP contribution >= 0.6 is 0 Å². The second-order valence-corrected chi connectivity index (χ2v) is 4.40. The van der Waals surface area contributed by atoms with Gasteiger partial charge in [-0.05, 0) is 44.1 Å². The summed E-state index contributed by atoms with van der Waals surface area (Å²) >= 11 is 0. The van der Waals surface area contributed by atoms with Crippen LogP contribution in [0.5, 0.6) is 0 Å². The fraction of sp³-hybridized carbons (Fsp3) is 0.727. The van der Waals surface area contributed by atoms with Crippen molar-refractivity contribution in [1.29, 1.82) is 0 Å². The Morgan fingerprint density at radius 1 is 1.42 bits per heavy atom.